The van der Waals surface area contributed by atoms with Gasteiger partial charge in [0.2, 0.25) is 0 Å². The van der Waals surface area contributed by atoms with E-state index in [1.54, 1.807) is 43.3 Å². The first-order valence-electron chi connectivity index (χ1n) is 7.77. The van der Waals surface area contributed by atoms with Crippen LogP contribution in [0.5, 0.6) is 0 Å². The first-order valence-corrected chi connectivity index (χ1v) is 9.38. The van der Waals surface area contributed by atoms with Crippen LogP contribution in [-0.4, -0.2) is 36.7 Å². The van der Waals surface area contributed by atoms with Crippen LogP contribution in [0, 0.1) is 0 Å². The minimum absolute atomic E-state index is 0. The maximum absolute atomic E-state index is 12.3. The van der Waals surface area contributed by atoms with Crippen LogP contribution in [0.2, 0.25) is 0 Å². The van der Waals surface area contributed by atoms with Crippen molar-refractivity contribution in [3.8, 4) is 0 Å². The monoisotopic (exact) mass is 387 g/mol. The number of nitrogens with two attached hydrogens (primary N) is 1. The second-order valence-electron chi connectivity index (χ2n) is 5.82. The Kier molecular flexibility index (Phi) is 9.12. The molecule has 2 atom stereocenters. The fraction of sp³-hybridized carbons (Fsp3) is 0.278. The van der Waals surface area contributed by atoms with Gasteiger partial charge >= 0.3 is 29.6 Å². The van der Waals surface area contributed by atoms with Crippen molar-refractivity contribution >= 4 is 15.9 Å². The molecule has 6 nitrogen and oxygen atoms in total. The van der Waals surface area contributed by atoms with Gasteiger partial charge < -0.3 is 11.9 Å². The molecule has 0 spiro atoms. The molecule has 2 aromatic carbocycles. The van der Waals surface area contributed by atoms with E-state index in [1.165, 1.54) is 0 Å². The van der Waals surface area contributed by atoms with E-state index >= 15 is 0 Å². The molecule has 0 saturated heterocycles. The molecule has 8 heteroatoms. The molecule has 0 aromatic heterocycles. The third-order valence-corrected chi connectivity index (χ3v) is 4.58. The topological polar surface area (TPSA) is 107 Å². The van der Waals surface area contributed by atoms with Gasteiger partial charge in [0, 0.05) is 17.2 Å². The van der Waals surface area contributed by atoms with E-state index in [0.29, 0.717) is 11.1 Å². The maximum atomic E-state index is 12.3. The second kappa shape index (κ2) is 10.3. The summed E-state index contributed by atoms with van der Waals surface area (Å²) < 4.78 is 36.0. The van der Waals surface area contributed by atoms with Gasteiger partial charge in [0.1, 0.15) is 0 Å². The van der Waals surface area contributed by atoms with Crippen molar-refractivity contribution in [1.82, 2.24) is 0 Å². The third kappa shape index (κ3) is 7.28. The minimum atomic E-state index is -4.14. The Morgan fingerprint density at radius 1 is 1.12 bits per heavy atom. The molecule has 0 aliphatic carbocycles. The molecule has 2 aromatic rings. The molecule has 136 valence electrons. The molecule has 0 fully saturated rings. The number of hydrogen-bond donors (Lipinski definition) is 2. The van der Waals surface area contributed by atoms with E-state index in [2.05, 4.69) is 0 Å². The molecule has 2 rings (SSSR count). The van der Waals surface area contributed by atoms with Gasteiger partial charge in [0.05, 0.1) is 18.5 Å². The third-order valence-electron chi connectivity index (χ3n) is 3.77. The van der Waals surface area contributed by atoms with Gasteiger partial charge in [-0.05, 0) is 12.5 Å². The molecule has 0 radical (unpaired) electrons. The van der Waals surface area contributed by atoms with Crippen LogP contribution in [0.4, 0.5) is 0 Å². The largest absolute Gasteiger partial charge is 1.00 e. The first kappa shape index (κ1) is 23.0. The maximum Gasteiger partial charge on any atom is 1.00 e. The average molecular weight is 387 g/mol. The van der Waals surface area contributed by atoms with E-state index in [4.69, 9.17) is 15.0 Å². The summed E-state index contributed by atoms with van der Waals surface area (Å²) in [4.78, 5) is 12.3. The predicted octanol–water partition coefficient (Wildman–Crippen LogP) is -0.846. The summed E-state index contributed by atoms with van der Waals surface area (Å²) in [6.07, 6.45) is -0.549. The molecule has 26 heavy (non-hydrogen) atoms. The summed E-state index contributed by atoms with van der Waals surface area (Å²) in [7, 11) is -4.14. The van der Waals surface area contributed by atoms with Crippen LogP contribution in [0.25, 0.3) is 0 Å². The summed E-state index contributed by atoms with van der Waals surface area (Å²) in [6.45, 7) is 1.86. The Balaban J connectivity index is 0.00000338. The number of rotatable bonds is 8. The van der Waals surface area contributed by atoms with Gasteiger partial charge in [-0.25, -0.2) is 0 Å². The van der Waals surface area contributed by atoms with Crippen LogP contribution in [-0.2, 0) is 21.5 Å². The molecule has 0 bridgehead atoms. The standard InChI is InChI=1S/C18H21NO5S.Na.H/c1-13(17(19)12-25(21,22)23)24-11-14-7-9-16(10-8-14)18(20)15-5-3-2-4-6-15;;/h2-10,13,17H,11-12,19H2,1H3,(H,21,22,23);;/q;+1;-1. The summed E-state index contributed by atoms with van der Waals surface area (Å²) in [5.74, 6) is -0.616. The normalized spacial score (nSPS) is 13.5. The van der Waals surface area contributed by atoms with Crippen LogP contribution >= 0.6 is 0 Å². The zero-order chi connectivity index (χ0) is 18.4. The molecule has 0 heterocycles. The van der Waals surface area contributed by atoms with Crippen molar-refractivity contribution in [1.29, 1.82) is 0 Å². The predicted molar refractivity (Wildman–Crippen MR) is 96.1 cm³/mol. The van der Waals surface area contributed by atoms with Crippen molar-refractivity contribution in [3.05, 3.63) is 71.3 Å². The van der Waals surface area contributed by atoms with Crippen LogP contribution in [0.15, 0.2) is 54.6 Å². The quantitative estimate of drug-likeness (QED) is 0.347. The fourth-order valence-electron chi connectivity index (χ4n) is 2.24. The summed E-state index contributed by atoms with van der Waals surface area (Å²) in [5, 5.41) is 0. The SMILES string of the molecule is CC(OCc1ccc(C(=O)c2ccccc2)cc1)C(N)CS(=O)(=O)O.[H-].[Na+]. The Labute approximate surface area is 177 Å². The molecule has 0 saturated carbocycles. The molecule has 2 unspecified atom stereocenters. The zero-order valence-electron chi connectivity index (χ0n) is 15.8. The Bertz CT molecular complexity index is 815. The number of ether oxygens (including phenoxy) is 1. The molecular formula is C18H22NNaO5S. The van der Waals surface area contributed by atoms with Crippen molar-refractivity contribution in [2.24, 2.45) is 5.73 Å². The summed E-state index contributed by atoms with van der Waals surface area (Å²) in [5.41, 5.74) is 7.71. The zero-order valence-corrected chi connectivity index (χ0v) is 17.6. The van der Waals surface area contributed by atoms with Crippen molar-refractivity contribution in [2.45, 2.75) is 25.7 Å². The van der Waals surface area contributed by atoms with Crippen molar-refractivity contribution in [3.63, 3.8) is 0 Å². The number of carbonyl (C=O) groups is 1. The van der Waals surface area contributed by atoms with Crippen LogP contribution in [0.1, 0.15) is 29.8 Å². The summed E-state index contributed by atoms with van der Waals surface area (Å²) in [6, 6.07) is 15.2. The first-order chi connectivity index (χ1) is 11.8. The van der Waals surface area contributed by atoms with E-state index in [9.17, 15) is 13.2 Å². The Morgan fingerprint density at radius 3 is 2.19 bits per heavy atom. The van der Waals surface area contributed by atoms with Crippen LogP contribution in [0.3, 0.4) is 0 Å². The number of ketones is 1. The molecule has 0 amide bonds. The molecular weight excluding hydrogens is 365 g/mol. The van der Waals surface area contributed by atoms with E-state index < -0.39 is 28.0 Å². The molecule has 3 N–H and O–H groups in total. The number of hydrogen-bond acceptors (Lipinski definition) is 5. The second-order valence-corrected chi connectivity index (χ2v) is 7.32. The Morgan fingerprint density at radius 2 is 1.65 bits per heavy atom. The van der Waals surface area contributed by atoms with Crippen molar-refractivity contribution in [2.75, 3.05) is 5.75 Å². The Hall–Kier alpha value is -1.06. The molecule has 0 aliphatic rings. The minimum Gasteiger partial charge on any atom is -1.00 e. The van der Waals surface area contributed by atoms with E-state index in [0.717, 1.165) is 5.56 Å². The number of carbonyl (C=O) groups excluding carboxylic acids is 1. The molecule has 0 aliphatic heterocycles. The van der Waals surface area contributed by atoms with E-state index in [-0.39, 0.29) is 43.4 Å². The van der Waals surface area contributed by atoms with Gasteiger partial charge in [-0.1, -0.05) is 54.6 Å². The van der Waals surface area contributed by atoms with Gasteiger partial charge in [-0.15, -0.1) is 0 Å². The van der Waals surface area contributed by atoms with E-state index in [1.807, 2.05) is 18.2 Å². The average Bonchev–Trinajstić information content (AvgIpc) is 2.58. The smallest absolute Gasteiger partial charge is 1.00 e. The van der Waals surface area contributed by atoms with Crippen molar-refractivity contribution < 1.29 is 53.5 Å². The number of benzene rings is 2. The van der Waals surface area contributed by atoms with Gasteiger partial charge in [0.25, 0.3) is 10.1 Å². The van der Waals surface area contributed by atoms with Gasteiger partial charge in [-0.3, -0.25) is 9.35 Å². The summed E-state index contributed by atoms with van der Waals surface area (Å²) >= 11 is 0. The van der Waals surface area contributed by atoms with Gasteiger partial charge in [0.15, 0.2) is 5.78 Å². The fourth-order valence-corrected chi connectivity index (χ4v) is 3.00. The van der Waals surface area contributed by atoms with Crippen LogP contribution < -0.4 is 35.3 Å². The van der Waals surface area contributed by atoms with Gasteiger partial charge in [-0.2, -0.15) is 8.42 Å².